The number of benzene rings is 1. The zero-order chi connectivity index (χ0) is 17.3. The number of nitrogens with zero attached hydrogens (tertiary/aromatic N) is 3. The molecule has 24 heavy (non-hydrogen) atoms. The first-order valence-corrected chi connectivity index (χ1v) is 8.48. The number of hydrogen-bond acceptors (Lipinski definition) is 5. The summed E-state index contributed by atoms with van der Waals surface area (Å²) in [4.78, 5) is 27.7. The Morgan fingerprint density at radius 2 is 2.29 bits per heavy atom. The molecule has 2 N–H and O–H groups in total. The molecule has 0 bridgehead atoms. The second kappa shape index (κ2) is 6.71. The van der Waals surface area contributed by atoms with Gasteiger partial charge in [-0.15, -0.1) is 0 Å². The van der Waals surface area contributed by atoms with Crippen LogP contribution in [0.2, 0.25) is 0 Å². The zero-order valence-electron chi connectivity index (χ0n) is 12.9. The fraction of sp³-hybridized carbons (Fsp3) is 0.250. The molecule has 0 spiro atoms. The van der Waals surface area contributed by atoms with Crippen LogP contribution in [0, 0.1) is 3.57 Å². The van der Waals surface area contributed by atoms with Crippen molar-refractivity contribution in [3.05, 3.63) is 55.8 Å². The van der Waals surface area contributed by atoms with E-state index >= 15 is 0 Å². The number of aromatic carboxylic acids is 1. The predicted octanol–water partition coefficient (Wildman–Crippen LogP) is 2.72. The fourth-order valence-corrected chi connectivity index (χ4v) is 3.16. The lowest BCUT2D eigenvalue weighted by Crippen LogP contribution is -2.37. The second-order valence-corrected chi connectivity index (χ2v) is 6.79. The van der Waals surface area contributed by atoms with E-state index in [1.165, 1.54) is 4.57 Å². The predicted molar refractivity (Wildman–Crippen MR) is 98.7 cm³/mol. The largest absolute Gasteiger partial charge is 0.477 e. The minimum absolute atomic E-state index is 0.115. The van der Waals surface area contributed by atoms with Gasteiger partial charge in [-0.2, -0.15) is 5.10 Å². The van der Waals surface area contributed by atoms with Gasteiger partial charge in [-0.05, 0) is 60.6 Å². The molecule has 1 unspecified atom stereocenters. The topological polar surface area (TPSA) is 96.6 Å². The molecular weight excluding hydrogens is 423 g/mol. The van der Waals surface area contributed by atoms with Crippen molar-refractivity contribution in [3.63, 3.8) is 0 Å². The van der Waals surface area contributed by atoms with Crippen molar-refractivity contribution in [2.24, 2.45) is 5.10 Å². The number of hydrogen-bond donors (Lipinski definition) is 2. The van der Waals surface area contributed by atoms with E-state index in [0.717, 1.165) is 15.5 Å². The van der Waals surface area contributed by atoms with Gasteiger partial charge in [0.1, 0.15) is 11.3 Å². The van der Waals surface area contributed by atoms with Gasteiger partial charge in [-0.1, -0.05) is 6.07 Å². The van der Waals surface area contributed by atoms with Crippen LogP contribution in [0.3, 0.4) is 0 Å². The van der Waals surface area contributed by atoms with E-state index in [0.29, 0.717) is 24.4 Å². The van der Waals surface area contributed by atoms with E-state index in [2.05, 4.69) is 38.1 Å². The minimum Gasteiger partial charge on any atom is -0.477 e. The summed E-state index contributed by atoms with van der Waals surface area (Å²) in [6.45, 7) is 1.88. The lowest BCUT2D eigenvalue weighted by molar-refractivity contribution is 0.0693. The van der Waals surface area contributed by atoms with Crippen LogP contribution >= 0.6 is 22.6 Å². The summed E-state index contributed by atoms with van der Waals surface area (Å²) in [5.41, 5.74) is 3.59. The molecule has 3 rings (SSSR count). The van der Waals surface area contributed by atoms with Gasteiger partial charge in [-0.25, -0.2) is 9.78 Å². The van der Waals surface area contributed by atoms with Crippen LogP contribution in [0.25, 0.3) is 0 Å². The molecule has 0 saturated carbocycles. The van der Waals surface area contributed by atoms with Gasteiger partial charge >= 0.3 is 5.97 Å². The molecule has 1 aliphatic rings. The Hall–Kier alpha value is -2.23. The van der Waals surface area contributed by atoms with Crippen LogP contribution in [0.5, 0.6) is 0 Å². The third kappa shape index (κ3) is 3.18. The Labute approximate surface area is 151 Å². The second-order valence-electron chi connectivity index (χ2n) is 5.54. The molecule has 1 aromatic heterocycles. The van der Waals surface area contributed by atoms with Gasteiger partial charge in [0.15, 0.2) is 5.82 Å². The van der Waals surface area contributed by atoms with E-state index in [-0.39, 0.29) is 11.6 Å². The van der Waals surface area contributed by atoms with Crippen molar-refractivity contribution in [2.75, 3.05) is 5.43 Å². The summed E-state index contributed by atoms with van der Waals surface area (Å²) in [6.07, 6.45) is 2.47. The van der Waals surface area contributed by atoms with E-state index < -0.39 is 11.5 Å². The summed E-state index contributed by atoms with van der Waals surface area (Å²) in [7, 11) is 0. The Morgan fingerprint density at radius 3 is 3.00 bits per heavy atom. The van der Waals surface area contributed by atoms with Gasteiger partial charge in [0.05, 0.1) is 5.69 Å². The van der Waals surface area contributed by atoms with E-state index in [4.69, 9.17) is 5.11 Å². The first-order chi connectivity index (χ1) is 11.5. The average Bonchev–Trinajstić information content (AvgIpc) is 2.54. The Kier molecular flexibility index (Phi) is 4.65. The van der Waals surface area contributed by atoms with Crippen LogP contribution in [0.1, 0.15) is 42.0 Å². The molecule has 0 aliphatic carbocycles. The van der Waals surface area contributed by atoms with Crippen molar-refractivity contribution in [3.8, 4) is 0 Å². The smallest absolute Gasteiger partial charge is 0.342 e. The molecule has 7 nitrogen and oxygen atoms in total. The molecule has 124 valence electrons. The van der Waals surface area contributed by atoms with Gasteiger partial charge in [0.25, 0.3) is 5.56 Å². The number of rotatable bonds is 3. The maximum Gasteiger partial charge on any atom is 0.342 e. The normalized spacial score (nSPS) is 18.2. The summed E-state index contributed by atoms with van der Waals surface area (Å²) >= 11 is 2.21. The summed E-state index contributed by atoms with van der Waals surface area (Å²) in [6, 6.07) is 7.63. The lowest BCUT2D eigenvalue weighted by Gasteiger charge is -2.25. The molecular formula is C16H15IN4O3. The highest BCUT2D eigenvalue weighted by Crippen LogP contribution is 2.22. The van der Waals surface area contributed by atoms with Crippen LogP contribution in [-0.4, -0.2) is 26.3 Å². The molecule has 0 amide bonds. The molecule has 0 radical (unpaired) electrons. The fourth-order valence-electron chi connectivity index (χ4n) is 2.62. The molecule has 0 saturated heterocycles. The number of hydrazone groups is 1. The number of carboxylic acid groups (broad SMARTS) is 1. The molecule has 8 heteroatoms. The van der Waals surface area contributed by atoms with Crippen LogP contribution in [-0.2, 0) is 0 Å². The minimum atomic E-state index is -1.27. The molecule has 2 heterocycles. The number of halogens is 1. The van der Waals surface area contributed by atoms with Crippen LogP contribution in [0.4, 0.5) is 5.69 Å². The summed E-state index contributed by atoms with van der Waals surface area (Å²) < 4.78 is 2.50. The molecule has 0 fully saturated rings. The molecule has 1 aliphatic heterocycles. The summed E-state index contributed by atoms with van der Waals surface area (Å²) in [5, 5.41) is 13.5. The third-order valence-corrected chi connectivity index (χ3v) is 4.54. The van der Waals surface area contributed by atoms with E-state index in [1.807, 2.05) is 31.2 Å². The van der Waals surface area contributed by atoms with Crippen molar-refractivity contribution in [2.45, 2.75) is 25.8 Å². The number of carbonyl (C=O) groups is 1. The molecule has 1 aromatic carbocycles. The van der Waals surface area contributed by atoms with E-state index in [9.17, 15) is 9.59 Å². The van der Waals surface area contributed by atoms with Crippen LogP contribution in [0.15, 0.2) is 40.4 Å². The Bertz CT molecular complexity index is 891. The number of fused-ring (bicyclic) bond motifs is 1. The number of carboxylic acids is 1. The maximum absolute atomic E-state index is 12.4. The maximum atomic E-state index is 12.4. The van der Waals surface area contributed by atoms with Gasteiger partial charge < -0.3 is 5.11 Å². The first kappa shape index (κ1) is 16.6. The van der Waals surface area contributed by atoms with Gasteiger partial charge in [0, 0.05) is 15.8 Å². The third-order valence-electron chi connectivity index (χ3n) is 3.87. The Balaban J connectivity index is 2.00. The standard InChI is InChI=1S/C16H15IN4O3/c1-9-5-6-13(20-19-11-4-2-3-10(17)7-11)14-18-8-12(16(23)24)15(22)21(9)14/h2-4,7-9,19H,5-6H2,1H3,(H,23,24)/b20-13+. The van der Waals surface area contributed by atoms with Crippen molar-refractivity contribution < 1.29 is 9.90 Å². The number of nitrogens with one attached hydrogen (secondary N) is 1. The quantitative estimate of drug-likeness (QED) is 0.568. The number of aromatic nitrogens is 2. The van der Waals surface area contributed by atoms with E-state index in [1.54, 1.807) is 0 Å². The first-order valence-electron chi connectivity index (χ1n) is 7.40. The SMILES string of the molecule is CC1CC/C(=N\Nc2cccc(I)c2)c2ncc(C(=O)O)c(=O)n21. The highest BCUT2D eigenvalue weighted by molar-refractivity contribution is 14.1. The highest BCUT2D eigenvalue weighted by Gasteiger charge is 2.26. The van der Waals surface area contributed by atoms with Crippen molar-refractivity contribution >= 4 is 40.0 Å². The highest BCUT2D eigenvalue weighted by atomic mass is 127. The van der Waals surface area contributed by atoms with Crippen molar-refractivity contribution in [1.29, 1.82) is 0 Å². The van der Waals surface area contributed by atoms with Crippen molar-refractivity contribution in [1.82, 2.24) is 9.55 Å². The number of anilines is 1. The molecule has 1 atom stereocenters. The average molecular weight is 438 g/mol. The molecule has 2 aromatic rings. The zero-order valence-corrected chi connectivity index (χ0v) is 15.0. The summed E-state index contributed by atoms with van der Waals surface area (Å²) in [5.74, 6) is -0.849. The monoisotopic (exact) mass is 438 g/mol. The van der Waals surface area contributed by atoms with Gasteiger partial charge in [-0.3, -0.25) is 14.8 Å². The van der Waals surface area contributed by atoms with Gasteiger partial charge in [0.2, 0.25) is 0 Å². The lowest BCUT2D eigenvalue weighted by atomic mass is 10.0. The Morgan fingerprint density at radius 1 is 1.50 bits per heavy atom. The van der Waals surface area contributed by atoms with Crippen LogP contribution < -0.4 is 11.0 Å².